The quantitative estimate of drug-likeness (QED) is 0.694. The fourth-order valence-corrected chi connectivity index (χ4v) is 5.81. The van der Waals surface area contributed by atoms with Gasteiger partial charge in [-0.25, -0.2) is 17.2 Å². The molecule has 1 atom stereocenters. The number of sulfonamides is 1. The van der Waals surface area contributed by atoms with Crippen molar-refractivity contribution in [2.45, 2.75) is 24.8 Å². The van der Waals surface area contributed by atoms with Crippen LogP contribution in [0.5, 0.6) is 0 Å². The molecule has 164 valence electrons. The third kappa shape index (κ3) is 5.05. The first-order valence-corrected chi connectivity index (χ1v) is 12.0. The molecule has 0 radical (unpaired) electrons. The number of hydrogen-bond acceptors (Lipinski definition) is 5. The summed E-state index contributed by atoms with van der Waals surface area (Å²) in [7, 11) is -3.94. The first-order valence-electron chi connectivity index (χ1n) is 9.70. The normalized spacial score (nSPS) is 16.8. The summed E-state index contributed by atoms with van der Waals surface area (Å²) in [4.78, 5) is 15.1. The van der Waals surface area contributed by atoms with Gasteiger partial charge in [-0.15, -0.1) is 11.3 Å². The summed E-state index contributed by atoms with van der Waals surface area (Å²) in [6.07, 6.45) is 0. The van der Waals surface area contributed by atoms with Crippen LogP contribution in [0.1, 0.15) is 24.8 Å². The molecular weight excluding hydrogens is 432 g/mol. The number of halogens is 2. The van der Waals surface area contributed by atoms with E-state index in [0.29, 0.717) is 12.0 Å². The van der Waals surface area contributed by atoms with Crippen LogP contribution in [-0.4, -0.2) is 56.3 Å². The molecule has 0 bridgehead atoms. The van der Waals surface area contributed by atoms with Gasteiger partial charge < -0.3 is 10.2 Å². The topological polar surface area (TPSA) is 69.7 Å². The number of thiophene rings is 1. The van der Waals surface area contributed by atoms with Crippen molar-refractivity contribution in [3.63, 3.8) is 0 Å². The van der Waals surface area contributed by atoms with Gasteiger partial charge in [0.15, 0.2) is 11.6 Å². The maximum Gasteiger partial charge on any atom is 0.243 e. The number of hydrogen-bond donors (Lipinski definition) is 1. The first kappa shape index (κ1) is 22.8. The Morgan fingerprint density at radius 3 is 2.40 bits per heavy atom. The van der Waals surface area contributed by atoms with Crippen molar-refractivity contribution in [2.75, 3.05) is 32.7 Å². The lowest BCUT2D eigenvalue weighted by Crippen LogP contribution is -2.52. The highest BCUT2D eigenvalue weighted by Crippen LogP contribution is 2.25. The largest absolute Gasteiger partial charge is 0.339 e. The molecule has 0 unspecified atom stereocenters. The molecule has 1 aliphatic rings. The summed E-state index contributed by atoms with van der Waals surface area (Å²) in [6.45, 7) is 5.03. The zero-order chi connectivity index (χ0) is 21.9. The predicted octanol–water partition coefficient (Wildman–Crippen LogP) is 2.85. The van der Waals surface area contributed by atoms with E-state index in [1.54, 1.807) is 16.2 Å². The molecule has 2 aromatic rings. The van der Waals surface area contributed by atoms with Gasteiger partial charge in [0.2, 0.25) is 15.9 Å². The monoisotopic (exact) mass is 457 g/mol. The lowest BCUT2D eigenvalue weighted by molar-refractivity contribution is -0.131. The average molecular weight is 458 g/mol. The van der Waals surface area contributed by atoms with Crippen LogP contribution >= 0.6 is 11.3 Å². The highest BCUT2D eigenvalue weighted by molar-refractivity contribution is 7.89. The second-order valence-electron chi connectivity index (χ2n) is 7.48. The molecule has 1 aromatic carbocycles. The van der Waals surface area contributed by atoms with E-state index in [-0.39, 0.29) is 49.6 Å². The smallest absolute Gasteiger partial charge is 0.243 e. The van der Waals surface area contributed by atoms with Crippen LogP contribution in [0.3, 0.4) is 0 Å². The van der Waals surface area contributed by atoms with Gasteiger partial charge in [-0.3, -0.25) is 4.79 Å². The van der Waals surface area contributed by atoms with Crippen LogP contribution in [0.2, 0.25) is 0 Å². The third-order valence-corrected chi connectivity index (χ3v) is 7.96. The molecule has 0 saturated carbocycles. The summed E-state index contributed by atoms with van der Waals surface area (Å²) in [5, 5.41) is 5.31. The highest BCUT2D eigenvalue weighted by atomic mass is 32.2. The second-order valence-corrected chi connectivity index (χ2v) is 10.4. The second kappa shape index (κ2) is 9.51. The zero-order valence-corrected chi connectivity index (χ0v) is 18.5. The van der Waals surface area contributed by atoms with Gasteiger partial charge in [-0.1, -0.05) is 19.9 Å². The molecule has 1 aliphatic heterocycles. The molecule has 0 aliphatic carbocycles. The van der Waals surface area contributed by atoms with E-state index in [9.17, 15) is 22.0 Å². The van der Waals surface area contributed by atoms with Gasteiger partial charge >= 0.3 is 0 Å². The Bertz CT molecular complexity index is 973. The van der Waals surface area contributed by atoms with Crippen molar-refractivity contribution >= 4 is 27.3 Å². The van der Waals surface area contributed by atoms with E-state index in [1.807, 2.05) is 17.5 Å². The summed E-state index contributed by atoms with van der Waals surface area (Å²) in [5.41, 5.74) is 0. The molecule has 0 spiro atoms. The van der Waals surface area contributed by atoms with Crippen molar-refractivity contribution in [3.05, 3.63) is 52.2 Å². The standard InChI is InChI=1S/C20H25F2N3O3S2/c1-14(2)20(18-4-3-11-29-18)23-13-19(26)24-7-9-25(10-8-24)30(27,28)15-5-6-16(21)17(22)12-15/h3-6,11-12,14,20,23H,7-10,13H2,1-2H3/t20-/m1/s1. The molecule has 1 aromatic heterocycles. The van der Waals surface area contributed by atoms with Crippen LogP contribution < -0.4 is 5.32 Å². The van der Waals surface area contributed by atoms with Crippen molar-refractivity contribution in [3.8, 4) is 0 Å². The molecule has 30 heavy (non-hydrogen) atoms. The Balaban J connectivity index is 1.57. The van der Waals surface area contributed by atoms with Crippen LogP contribution in [0.4, 0.5) is 8.78 Å². The van der Waals surface area contributed by atoms with Crippen molar-refractivity contribution in [1.82, 2.24) is 14.5 Å². The summed E-state index contributed by atoms with van der Waals surface area (Å²) < 4.78 is 53.1. The number of piperazine rings is 1. The Labute approximate surface area is 179 Å². The lowest BCUT2D eigenvalue weighted by atomic mass is 10.0. The number of carbonyl (C=O) groups excluding carboxylic acids is 1. The molecule has 1 N–H and O–H groups in total. The Morgan fingerprint density at radius 1 is 1.13 bits per heavy atom. The van der Waals surface area contributed by atoms with Crippen LogP contribution in [0, 0.1) is 17.6 Å². The Kier molecular flexibility index (Phi) is 7.22. The van der Waals surface area contributed by atoms with Crippen molar-refractivity contribution in [2.24, 2.45) is 5.92 Å². The van der Waals surface area contributed by atoms with Gasteiger partial charge in [-0.2, -0.15) is 4.31 Å². The van der Waals surface area contributed by atoms with Crippen molar-refractivity contribution < 1.29 is 22.0 Å². The molecule has 1 saturated heterocycles. The van der Waals surface area contributed by atoms with E-state index in [4.69, 9.17) is 0 Å². The number of nitrogens with zero attached hydrogens (tertiary/aromatic N) is 2. The van der Waals surface area contributed by atoms with Gasteiger partial charge in [0.1, 0.15) is 0 Å². The van der Waals surface area contributed by atoms with Gasteiger partial charge in [-0.05, 0) is 35.6 Å². The average Bonchev–Trinajstić information content (AvgIpc) is 3.24. The minimum Gasteiger partial charge on any atom is -0.339 e. The molecule has 10 heteroatoms. The van der Waals surface area contributed by atoms with Crippen molar-refractivity contribution in [1.29, 1.82) is 0 Å². The predicted molar refractivity (Wildman–Crippen MR) is 112 cm³/mol. The summed E-state index contributed by atoms with van der Waals surface area (Å²) >= 11 is 1.64. The fourth-order valence-electron chi connectivity index (χ4n) is 3.41. The van der Waals surface area contributed by atoms with E-state index in [2.05, 4.69) is 19.2 Å². The zero-order valence-electron chi connectivity index (χ0n) is 16.8. The number of rotatable bonds is 7. The van der Waals surface area contributed by atoms with Gasteiger partial charge in [0.05, 0.1) is 11.4 Å². The third-order valence-electron chi connectivity index (χ3n) is 5.11. The minimum atomic E-state index is -3.94. The van der Waals surface area contributed by atoms with E-state index in [0.717, 1.165) is 12.1 Å². The number of nitrogens with one attached hydrogen (secondary N) is 1. The molecule has 6 nitrogen and oxygen atoms in total. The molecule has 1 amide bonds. The molecule has 3 rings (SSSR count). The molecular formula is C20H25F2N3O3S2. The number of benzene rings is 1. The van der Waals surface area contributed by atoms with E-state index < -0.39 is 21.7 Å². The fraction of sp³-hybridized carbons (Fsp3) is 0.450. The summed E-state index contributed by atoms with van der Waals surface area (Å²) in [6, 6.07) is 6.62. The van der Waals surface area contributed by atoms with Gasteiger partial charge in [0.25, 0.3) is 0 Å². The molecule has 2 heterocycles. The highest BCUT2D eigenvalue weighted by Gasteiger charge is 2.31. The minimum absolute atomic E-state index is 0.0731. The SMILES string of the molecule is CC(C)[C@@H](NCC(=O)N1CCN(S(=O)(=O)c2ccc(F)c(F)c2)CC1)c1cccs1. The van der Waals surface area contributed by atoms with E-state index >= 15 is 0 Å². The number of amides is 1. The maximum absolute atomic E-state index is 13.4. The van der Waals surface area contributed by atoms with E-state index in [1.165, 1.54) is 9.18 Å². The van der Waals surface area contributed by atoms with Crippen LogP contribution in [0.15, 0.2) is 40.6 Å². The molecule has 1 fully saturated rings. The Morgan fingerprint density at radius 2 is 1.83 bits per heavy atom. The van der Waals surface area contributed by atoms with Gasteiger partial charge in [0, 0.05) is 37.1 Å². The summed E-state index contributed by atoms with van der Waals surface area (Å²) in [5.74, 6) is -2.09. The maximum atomic E-state index is 13.4. The first-order chi connectivity index (χ1) is 14.2. The number of carbonyl (C=O) groups is 1. The van der Waals surface area contributed by atoms with Crippen LogP contribution in [-0.2, 0) is 14.8 Å². The Hall–Kier alpha value is -1.88. The van der Waals surface area contributed by atoms with Crippen LogP contribution in [0.25, 0.3) is 0 Å². The lowest BCUT2D eigenvalue weighted by Gasteiger charge is -2.34.